The van der Waals surface area contributed by atoms with E-state index in [4.69, 9.17) is 120 Å². The van der Waals surface area contributed by atoms with Crippen molar-refractivity contribution in [3.63, 3.8) is 0 Å². The van der Waals surface area contributed by atoms with Crippen molar-refractivity contribution in [3.05, 3.63) is 268 Å². The zero-order valence-electron chi connectivity index (χ0n) is 78.0. The standard InChI is InChI=1S/C97H117N7O21P3S3/c1-92(2,3)114-86(105)71-29-47-80(48-30-71)120-126(129,121-81-49-31-72(32-50-81)87(106)115-93(4,5)6)101(19)98-65-68-23-41-77(42-24-68)111-62-59-104(22,60-63-112-78-43-25-69(26-44-78)66-99-102(20)127(130,122-82-51-33-73(34-52-82)88(107)116-94(7,8)9)123-83-53-35-74(36-54-83)89(108)117-95(10,11)12)61-64-113-79-45-27-70(28-46-79)67-100-103(21)128(131,124-84-55-37-75(38-56-84)90(109)118-96(13,14)15)125-85-57-39-76(40-58-85)91(110)119-97(16,17)18/h23-58,65-67H,59-64H2,1-22H3/q+1/b98-65+,99-66+,100-67+. The molecule has 698 valence electrons. The molecule has 0 aliphatic carbocycles. The maximum Gasteiger partial charge on any atom is 0.410 e. The number of ether oxygens (including phenoxy) is 9. The molecule has 0 heterocycles. The molecule has 0 bridgehead atoms. The van der Waals surface area contributed by atoms with E-state index >= 15 is 0 Å². The lowest BCUT2D eigenvalue weighted by Gasteiger charge is -2.34. The van der Waals surface area contributed by atoms with Gasteiger partial charge in [-0.1, -0.05) is 0 Å². The number of nitrogens with zero attached hydrogens (tertiary/aromatic N) is 7. The number of esters is 6. The average Bonchev–Trinajstić information content (AvgIpc) is 0.814. The third kappa shape index (κ3) is 34.2. The number of hydrazone groups is 3. The first-order valence-corrected chi connectivity index (χ1v) is 49.8. The molecule has 0 radical (unpaired) electrons. The van der Waals surface area contributed by atoms with Crippen LogP contribution in [0.1, 0.15) is 203 Å². The Labute approximate surface area is 783 Å². The Morgan fingerprint density at radius 2 is 0.412 bits per heavy atom. The van der Waals surface area contributed by atoms with Crippen LogP contribution in [0.15, 0.2) is 234 Å². The predicted octanol–water partition coefficient (Wildman–Crippen LogP) is 21.3. The minimum absolute atomic E-state index is 0.294. The van der Waals surface area contributed by atoms with Gasteiger partial charge in [-0.3, -0.25) is 0 Å². The fourth-order valence-corrected chi connectivity index (χ4v) is 16.8. The second kappa shape index (κ2) is 44.0. The van der Waals surface area contributed by atoms with E-state index in [0.29, 0.717) is 146 Å². The van der Waals surface area contributed by atoms with Crippen LogP contribution in [0.25, 0.3) is 0 Å². The van der Waals surface area contributed by atoms with Crippen LogP contribution in [-0.4, -0.2) is 175 Å². The van der Waals surface area contributed by atoms with Gasteiger partial charge in [-0.15, -0.1) is 0 Å². The SMILES string of the molecule is CN(/N=C/c1ccc(OCC[N+](C)(CCOc2ccc(/C=N/N(C)P(=S)(Oc3ccc(C(=O)OC(C)(C)C)cc3)Oc3ccc(C(=O)OC(C)(C)C)cc3)cc2)CCOc2ccc(/C=N/N(C)P(=S)(Oc3ccc(C(=O)OC(C)(C)C)cc3)Oc3ccc(C(=O)OC(C)(C)C)cc3)cc2)cc1)P(=S)(Oc1ccc(C(=O)OC(C)(C)C)cc1)Oc1ccc(C(=O)OC(C)(C)C)cc1. The lowest BCUT2D eigenvalue weighted by Crippen LogP contribution is -2.51. The van der Waals surface area contributed by atoms with Crippen LogP contribution in [0.2, 0.25) is 0 Å². The Balaban J connectivity index is 0.904. The maximum absolute atomic E-state index is 12.9. The molecule has 34 heteroatoms. The summed E-state index contributed by atoms with van der Waals surface area (Å²) >= 11 is 18.6. The van der Waals surface area contributed by atoms with Gasteiger partial charge in [0.05, 0.1) is 59.1 Å². The van der Waals surface area contributed by atoms with Crippen molar-refractivity contribution in [1.29, 1.82) is 0 Å². The Morgan fingerprint density at radius 1 is 0.267 bits per heavy atom. The normalized spacial score (nSPS) is 12.4. The first-order chi connectivity index (χ1) is 61.1. The topological polar surface area (TPSA) is 288 Å². The zero-order chi connectivity index (χ0) is 96.1. The van der Waals surface area contributed by atoms with E-state index in [9.17, 15) is 28.8 Å². The van der Waals surface area contributed by atoms with Gasteiger partial charge in [0.15, 0.2) is 0 Å². The second-order valence-electron chi connectivity index (χ2n) is 36.4. The molecular weight excluding hydrogens is 1790 g/mol. The summed E-state index contributed by atoms with van der Waals surface area (Å²) in [5.74, 6) is 0.596. The molecular formula is C97H117N7O21P3S3+. The molecule has 0 aliphatic heterocycles. The predicted molar refractivity (Wildman–Crippen MR) is 519 cm³/mol. The van der Waals surface area contributed by atoms with E-state index in [1.165, 1.54) is 14.3 Å². The molecule has 131 heavy (non-hydrogen) atoms. The number of benzene rings is 9. The third-order valence-corrected chi connectivity index (χ3v) is 26.3. The van der Waals surface area contributed by atoms with Gasteiger partial charge in [0, 0.05) is 56.6 Å². The van der Waals surface area contributed by atoms with Gasteiger partial charge in [-0.25, -0.2) is 43.1 Å². The summed E-state index contributed by atoms with van der Waals surface area (Å²) in [5.41, 5.74) is -0.288. The third-order valence-electron chi connectivity index (χ3n) is 17.8. The quantitative estimate of drug-likeness (QED) is 0.00863. The number of hydrogen-bond donors (Lipinski definition) is 0. The molecule has 9 aromatic rings. The zero-order valence-corrected chi connectivity index (χ0v) is 83.2. The van der Waals surface area contributed by atoms with Gasteiger partial charge in [0.1, 0.15) is 125 Å². The highest BCUT2D eigenvalue weighted by atomic mass is 32.5. The molecule has 0 aromatic heterocycles. The van der Waals surface area contributed by atoms with Crippen LogP contribution in [0.4, 0.5) is 0 Å². The van der Waals surface area contributed by atoms with Crippen LogP contribution in [0.5, 0.6) is 51.7 Å². The molecule has 0 spiro atoms. The van der Waals surface area contributed by atoms with E-state index in [2.05, 4.69) is 7.05 Å². The van der Waals surface area contributed by atoms with Crippen LogP contribution in [0, 0.1) is 0 Å². The highest BCUT2D eigenvalue weighted by Crippen LogP contribution is 2.55. The van der Waals surface area contributed by atoms with Crippen molar-refractivity contribution >= 4 is 110 Å². The van der Waals surface area contributed by atoms with Crippen molar-refractivity contribution in [2.24, 2.45) is 15.3 Å². The van der Waals surface area contributed by atoms with Gasteiger partial charge in [-0.2, -0.15) is 15.3 Å². The average molecular weight is 1910 g/mol. The summed E-state index contributed by atoms with van der Waals surface area (Å²) in [4.78, 5) is 77.6. The van der Waals surface area contributed by atoms with E-state index < -0.39 is 89.3 Å². The fraction of sp³-hybridized carbons (Fsp3) is 0.351. The Kier molecular flexibility index (Phi) is 34.6. The summed E-state index contributed by atoms with van der Waals surface area (Å²) in [7, 11) is 7.01. The van der Waals surface area contributed by atoms with Crippen molar-refractivity contribution in [2.75, 3.05) is 67.6 Å². The van der Waals surface area contributed by atoms with Crippen molar-refractivity contribution in [2.45, 2.75) is 158 Å². The van der Waals surface area contributed by atoms with Gasteiger partial charge in [0.2, 0.25) is 0 Å². The van der Waals surface area contributed by atoms with Gasteiger partial charge >= 0.3 is 55.7 Å². The monoisotopic (exact) mass is 1900 g/mol. The number of quaternary nitrogens is 1. The number of carbonyl (C=O) groups is 6. The Hall–Kier alpha value is -11.7. The molecule has 0 unspecified atom stereocenters. The first-order valence-electron chi connectivity index (χ1n) is 42.0. The minimum atomic E-state index is -3.58. The van der Waals surface area contributed by atoms with E-state index in [1.54, 1.807) is 310 Å². The molecule has 0 amide bonds. The van der Waals surface area contributed by atoms with Crippen LogP contribution in [0.3, 0.4) is 0 Å². The molecule has 0 aliphatic rings. The summed E-state index contributed by atoms with van der Waals surface area (Å²) in [5, 5.41) is 14.1. The van der Waals surface area contributed by atoms with Gasteiger partial charge in [0.25, 0.3) is 0 Å². The Bertz CT molecular complexity index is 4850. The van der Waals surface area contributed by atoms with Crippen molar-refractivity contribution in [3.8, 4) is 51.7 Å². The summed E-state index contributed by atoms with van der Waals surface area (Å²) < 4.78 is 96.3. The highest BCUT2D eigenvalue weighted by Gasteiger charge is 2.35. The van der Waals surface area contributed by atoms with Crippen molar-refractivity contribution in [1.82, 2.24) is 14.3 Å². The van der Waals surface area contributed by atoms with E-state index in [0.717, 1.165) is 0 Å². The molecule has 9 rings (SSSR count). The molecule has 28 nitrogen and oxygen atoms in total. The number of carbonyl (C=O) groups excluding carboxylic acids is 6. The van der Waals surface area contributed by atoms with Crippen LogP contribution < -0.4 is 41.4 Å². The molecule has 9 aromatic carbocycles. The van der Waals surface area contributed by atoms with Gasteiger partial charge < -0.3 is 74.3 Å². The summed E-state index contributed by atoms with van der Waals surface area (Å²) in [6, 6.07) is 60.2. The molecule has 0 saturated carbocycles. The molecule has 0 atom stereocenters. The number of rotatable bonds is 39. The molecule has 0 fully saturated rings. The van der Waals surface area contributed by atoms with Gasteiger partial charge in [-0.05, 0) is 360 Å². The largest absolute Gasteiger partial charge is 0.488 e. The summed E-state index contributed by atoms with van der Waals surface area (Å²) in [6.45, 7) is 23.9. The minimum Gasteiger partial charge on any atom is -0.488 e. The number of hydrogen-bond acceptors (Lipinski definition) is 27. The van der Waals surface area contributed by atoms with Crippen molar-refractivity contribution < 1.29 is 103 Å². The lowest BCUT2D eigenvalue weighted by atomic mass is 10.1. The fourth-order valence-electron chi connectivity index (χ4n) is 11.2. The van der Waals surface area contributed by atoms with E-state index in [-0.39, 0.29) is 0 Å². The van der Waals surface area contributed by atoms with Crippen LogP contribution in [-0.2, 0) is 63.8 Å². The molecule has 0 saturated heterocycles. The maximum atomic E-state index is 12.9. The summed E-state index contributed by atoms with van der Waals surface area (Å²) in [6.07, 6.45) is 4.83. The lowest BCUT2D eigenvalue weighted by molar-refractivity contribution is -0.909. The Morgan fingerprint density at radius 3 is 0.557 bits per heavy atom. The van der Waals surface area contributed by atoms with E-state index in [1.807, 2.05) is 72.8 Å². The van der Waals surface area contributed by atoms with Crippen LogP contribution >= 0.6 is 19.9 Å². The second-order valence-corrected chi connectivity index (χ2v) is 46.2. The molecule has 0 N–H and O–H groups in total. The smallest absolute Gasteiger partial charge is 0.410 e. The first kappa shape index (κ1) is 103. The number of likely N-dealkylation sites (N-methyl/N-ethyl adjacent to an activating group) is 1. The highest BCUT2D eigenvalue weighted by molar-refractivity contribution is 8.09.